The monoisotopic (exact) mass is 162 g/mol. The number of methoxy groups -OCH3 is 1. The van der Waals surface area contributed by atoms with E-state index in [2.05, 4.69) is 4.74 Å². The van der Waals surface area contributed by atoms with Gasteiger partial charge in [-0.15, -0.1) is 0 Å². The molecule has 0 aliphatic carbocycles. The van der Waals surface area contributed by atoms with Crippen molar-refractivity contribution in [1.82, 2.24) is 0 Å². The minimum absolute atomic E-state index is 0.106. The van der Waals surface area contributed by atoms with E-state index in [9.17, 15) is 0 Å². The summed E-state index contributed by atoms with van der Waals surface area (Å²) in [5, 5.41) is 26.2. The number of aromatic hydroxyl groups is 3. The molecule has 4 nitrogen and oxygen atoms in total. The van der Waals surface area contributed by atoms with Crippen molar-refractivity contribution in [2.75, 3.05) is 7.11 Å². The molecule has 0 aromatic carbocycles. The number of ether oxygens (including phenoxy) is 1. The summed E-state index contributed by atoms with van der Waals surface area (Å²) in [4.78, 5) is 0. The van der Waals surface area contributed by atoms with Gasteiger partial charge >= 0.3 is 0 Å². The molecule has 0 atom stereocenters. The predicted octanol–water partition coefficient (Wildman–Crippen LogP) is 0.873. The Balaban J connectivity index is 3.17. The van der Waals surface area contributed by atoms with Gasteiger partial charge in [-0.25, -0.2) is 0 Å². The molecule has 0 saturated heterocycles. The second-order valence-corrected chi connectivity index (χ2v) is 2.56. The van der Waals surface area contributed by atoms with Gasteiger partial charge in [0.2, 0.25) is 21.6 Å². The fourth-order valence-electron chi connectivity index (χ4n) is 0.521. The van der Waals surface area contributed by atoms with E-state index in [-0.39, 0.29) is 10.1 Å². The summed E-state index contributed by atoms with van der Waals surface area (Å²) < 4.78 is 4.60. The molecule has 1 heterocycles. The second kappa shape index (κ2) is 2.26. The van der Waals surface area contributed by atoms with Gasteiger partial charge in [-0.2, -0.15) is 0 Å². The van der Waals surface area contributed by atoms with Gasteiger partial charge < -0.3 is 20.1 Å². The molecule has 0 bridgehead atoms. The number of hydrogen-bond donors (Lipinski definition) is 3. The van der Waals surface area contributed by atoms with E-state index in [0.29, 0.717) is 0 Å². The zero-order chi connectivity index (χ0) is 7.72. The maximum Gasteiger partial charge on any atom is 0.224 e. The lowest BCUT2D eigenvalue weighted by molar-refractivity contribution is 0.353. The highest BCUT2D eigenvalue weighted by Gasteiger charge is 2.16. The highest BCUT2D eigenvalue weighted by molar-refractivity contribution is 7.16. The minimum Gasteiger partial charge on any atom is -0.501 e. The lowest BCUT2D eigenvalue weighted by Gasteiger charge is -1.91. The van der Waals surface area contributed by atoms with Crippen molar-refractivity contribution in [1.29, 1.82) is 0 Å². The highest BCUT2D eigenvalue weighted by Crippen LogP contribution is 2.50. The minimum atomic E-state index is -0.526. The van der Waals surface area contributed by atoms with Gasteiger partial charge in [-0.05, 0) is 0 Å². The third-order valence-electron chi connectivity index (χ3n) is 0.995. The summed E-state index contributed by atoms with van der Waals surface area (Å²) in [6, 6.07) is 0. The van der Waals surface area contributed by atoms with Crippen LogP contribution in [0.2, 0.25) is 0 Å². The maximum absolute atomic E-state index is 8.89. The predicted molar refractivity (Wildman–Crippen MR) is 35.9 cm³/mol. The van der Waals surface area contributed by atoms with Gasteiger partial charge in [0, 0.05) is 0 Å². The molecule has 0 radical (unpaired) electrons. The first-order chi connectivity index (χ1) is 4.66. The molecule has 1 aromatic heterocycles. The zero-order valence-electron chi connectivity index (χ0n) is 5.16. The first-order valence-electron chi connectivity index (χ1n) is 2.44. The summed E-state index contributed by atoms with van der Waals surface area (Å²) in [5.74, 6) is -0.938. The third-order valence-corrected chi connectivity index (χ3v) is 1.93. The smallest absolute Gasteiger partial charge is 0.224 e. The summed E-state index contributed by atoms with van der Waals surface area (Å²) in [7, 11) is 1.34. The van der Waals surface area contributed by atoms with E-state index in [4.69, 9.17) is 15.3 Å². The molecule has 1 aromatic rings. The zero-order valence-corrected chi connectivity index (χ0v) is 5.97. The van der Waals surface area contributed by atoms with E-state index < -0.39 is 11.5 Å². The van der Waals surface area contributed by atoms with Crippen molar-refractivity contribution in [3.8, 4) is 21.6 Å². The van der Waals surface area contributed by atoms with Crippen LogP contribution in [0, 0.1) is 0 Å². The first kappa shape index (κ1) is 7.01. The van der Waals surface area contributed by atoms with Crippen LogP contribution in [0.25, 0.3) is 0 Å². The number of thiophene rings is 1. The standard InChI is InChI=1S/C5H6O4S/c1-9-5-3(7)2(6)4(8)10-5/h6-8H,1H3. The third kappa shape index (κ3) is 0.841. The molecule has 1 rings (SSSR count). The van der Waals surface area contributed by atoms with E-state index >= 15 is 0 Å². The van der Waals surface area contributed by atoms with Crippen molar-refractivity contribution in [3.63, 3.8) is 0 Å². The Hall–Kier alpha value is -1.10. The summed E-state index contributed by atoms with van der Waals surface area (Å²) >= 11 is 0.774. The van der Waals surface area contributed by atoms with Crippen LogP contribution in [-0.4, -0.2) is 22.4 Å². The van der Waals surface area contributed by atoms with E-state index in [0.717, 1.165) is 11.3 Å². The molecule has 56 valence electrons. The normalized spacial score (nSPS) is 9.70. The van der Waals surface area contributed by atoms with E-state index in [1.165, 1.54) is 7.11 Å². The summed E-state index contributed by atoms with van der Waals surface area (Å²) in [6.07, 6.45) is 0. The Bertz CT molecular complexity index is 242. The summed E-state index contributed by atoms with van der Waals surface area (Å²) in [5.41, 5.74) is 0. The van der Waals surface area contributed by atoms with Gasteiger partial charge in [0.25, 0.3) is 0 Å². The lowest BCUT2D eigenvalue weighted by atomic mass is 10.5. The molecule has 10 heavy (non-hydrogen) atoms. The second-order valence-electron chi connectivity index (χ2n) is 1.60. The Morgan fingerprint density at radius 1 is 1.20 bits per heavy atom. The van der Waals surface area contributed by atoms with Crippen LogP contribution in [0.3, 0.4) is 0 Å². The van der Waals surface area contributed by atoms with Crippen molar-refractivity contribution >= 4 is 11.3 Å². The fourth-order valence-corrected chi connectivity index (χ4v) is 1.17. The summed E-state index contributed by atoms with van der Waals surface area (Å²) in [6.45, 7) is 0. The first-order valence-corrected chi connectivity index (χ1v) is 3.26. The van der Waals surface area contributed by atoms with Crippen LogP contribution in [-0.2, 0) is 0 Å². The largest absolute Gasteiger partial charge is 0.501 e. The van der Waals surface area contributed by atoms with Crippen molar-refractivity contribution in [2.45, 2.75) is 0 Å². The highest BCUT2D eigenvalue weighted by atomic mass is 32.1. The van der Waals surface area contributed by atoms with Gasteiger partial charge in [-0.3, -0.25) is 0 Å². The van der Waals surface area contributed by atoms with Crippen LogP contribution in [0.4, 0.5) is 0 Å². The van der Waals surface area contributed by atoms with Crippen LogP contribution in [0.1, 0.15) is 0 Å². The van der Waals surface area contributed by atoms with Gasteiger partial charge in [-0.1, -0.05) is 11.3 Å². The number of hydrogen-bond acceptors (Lipinski definition) is 5. The Labute approximate surface area is 60.9 Å². The van der Waals surface area contributed by atoms with Crippen LogP contribution in [0.5, 0.6) is 21.6 Å². The molecule has 5 heteroatoms. The molecule has 3 N–H and O–H groups in total. The lowest BCUT2D eigenvalue weighted by Crippen LogP contribution is -1.75. The SMILES string of the molecule is COc1sc(O)c(O)c1O. The Morgan fingerprint density at radius 3 is 2.00 bits per heavy atom. The molecule has 0 saturated carbocycles. The Morgan fingerprint density at radius 2 is 1.80 bits per heavy atom. The van der Waals surface area contributed by atoms with Gasteiger partial charge in [0.05, 0.1) is 7.11 Å². The van der Waals surface area contributed by atoms with Crippen molar-refractivity contribution < 1.29 is 20.1 Å². The average molecular weight is 162 g/mol. The molecular formula is C5H6O4S. The van der Waals surface area contributed by atoms with Crippen LogP contribution in [0.15, 0.2) is 0 Å². The Kier molecular flexibility index (Phi) is 1.58. The molecule has 0 fully saturated rings. The fraction of sp³-hybridized carbons (Fsp3) is 0.200. The number of rotatable bonds is 1. The molecule has 0 spiro atoms. The average Bonchev–Trinajstić information content (AvgIpc) is 2.17. The maximum atomic E-state index is 8.89. The van der Waals surface area contributed by atoms with Crippen LogP contribution < -0.4 is 4.74 Å². The van der Waals surface area contributed by atoms with Crippen molar-refractivity contribution in [3.05, 3.63) is 0 Å². The molecule has 0 aliphatic rings. The molecule has 0 aliphatic heterocycles. The molecule has 0 unspecified atom stereocenters. The van der Waals surface area contributed by atoms with Gasteiger partial charge in [0.15, 0.2) is 0 Å². The van der Waals surface area contributed by atoms with E-state index in [1.54, 1.807) is 0 Å². The van der Waals surface area contributed by atoms with E-state index in [1.807, 2.05) is 0 Å². The topological polar surface area (TPSA) is 69.9 Å². The van der Waals surface area contributed by atoms with Crippen molar-refractivity contribution in [2.24, 2.45) is 0 Å². The van der Waals surface area contributed by atoms with Gasteiger partial charge in [0.1, 0.15) is 0 Å². The molecular weight excluding hydrogens is 156 g/mol. The molecule has 0 amide bonds. The van der Waals surface area contributed by atoms with Crippen LogP contribution >= 0.6 is 11.3 Å². The quantitative estimate of drug-likeness (QED) is 0.573.